The van der Waals surface area contributed by atoms with Gasteiger partial charge in [0.1, 0.15) is 6.04 Å². The Bertz CT molecular complexity index is 242. The maximum atomic E-state index is 11.1. The van der Waals surface area contributed by atoms with Crippen LogP contribution >= 0.6 is 0 Å². The van der Waals surface area contributed by atoms with Gasteiger partial charge >= 0.3 is 5.97 Å². The van der Waals surface area contributed by atoms with Gasteiger partial charge in [0.15, 0.2) is 0 Å². The van der Waals surface area contributed by atoms with Gasteiger partial charge in [0.2, 0.25) is 0 Å². The molecule has 1 unspecified atom stereocenters. The molecule has 0 bridgehead atoms. The van der Waals surface area contributed by atoms with Crippen molar-refractivity contribution in [2.24, 2.45) is 0 Å². The van der Waals surface area contributed by atoms with Crippen LogP contribution in [0.15, 0.2) is 0 Å². The molecule has 1 aliphatic rings. The van der Waals surface area contributed by atoms with Crippen LogP contribution in [0.25, 0.3) is 0 Å². The first-order valence-electron chi connectivity index (χ1n) is 6.89. The van der Waals surface area contributed by atoms with Gasteiger partial charge in [-0.2, -0.15) is 0 Å². The summed E-state index contributed by atoms with van der Waals surface area (Å²) in [4.78, 5) is 13.4. The summed E-state index contributed by atoms with van der Waals surface area (Å²) >= 11 is 0. The van der Waals surface area contributed by atoms with Crippen LogP contribution in [0.2, 0.25) is 0 Å². The van der Waals surface area contributed by atoms with Crippen LogP contribution < -0.4 is 5.32 Å². The fraction of sp³-hybridized carbons (Fsp3) is 0.923. The van der Waals surface area contributed by atoms with Crippen molar-refractivity contribution in [2.75, 3.05) is 33.4 Å². The smallest absolute Gasteiger partial charge is 0.320 e. The summed E-state index contributed by atoms with van der Waals surface area (Å²) in [5.74, 6) is -0.746. The number of ether oxygens (including phenoxy) is 1. The third-order valence-corrected chi connectivity index (χ3v) is 3.52. The van der Waals surface area contributed by atoms with Gasteiger partial charge in [-0.1, -0.05) is 6.92 Å². The molecule has 0 aromatic heterocycles. The van der Waals surface area contributed by atoms with Crippen molar-refractivity contribution < 1.29 is 14.6 Å². The van der Waals surface area contributed by atoms with E-state index in [9.17, 15) is 4.79 Å². The fourth-order valence-electron chi connectivity index (χ4n) is 2.27. The molecule has 1 saturated heterocycles. The quantitative estimate of drug-likeness (QED) is 0.678. The third kappa shape index (κ3) is 5.33. The molecule has 1 atom stereocenters. The van der Waals surface area contributed by atoms with Crippen LogP contribution in [0, 0.1) is 0 Å². The van der Waals surface area contributed by atoms with Gasteiger partial charge in [-0.05, 0) is 39.3 Å². The highest BCUT2D eigenvalue weighted by Crippen LogP contribution is 2.13. The van der Waals surface area contributed by atoms with Crippen LogP contribution in [-0.2, 0) is 9.53 Å². The maximum absolute atomic E-state index is 11.1. The van der Waals surface area contributed by atoms with Crippen LogP contribution in [0.3, 0.4) is 0 Å². The van der Waals surface area contributed by atoms with Gasteiger partial charge in [-0.25, -0.2) is 0 Å². The number of nitrogens with one attached hydrogen (secondary N) is 1. The van der Waals surface area contributed by atoms with Crippen LogP contribution in [0.1, 0.15) is 32.6 Å². The Balaban J connectivity index is 2.28. The summed E-state index contributed by atoms with van der Waals surface area (Å²) in [6.07, 6.45) is 3.72. The van der Waals surface area contributed by atoms with E-state index in [1.165, 1.54) is 0 Å². The lowest BCUT2D eigenvalue weighted by molar-refractivity contribution is -0.139. The molecule has 1 heterocycles. The standard InChI is InChI=1S/C13H26N2O3/c1-3-7-14-12(13(16)17)4-8-15(2)11-5-9-18-10-6-11/h11-12,14H,3-10H2,1-2H3,(H,16,17). The highest BCUT2D eigenvalue weighted by molar-refractivity contribution is 5.73. The second kappa shape index (κ2) is 8.45. The SMILES string of the molecule is CCCNC(CCN(C)C1CCOCC1)C(=O)O. The molecule has 0 aromatic rings. The zero-order valence-electron chi connectivity index (χ0n) is 11.5. The van der Waals surface area contributed by atoms with Gasteiger partial charge in [0.25, 0.3) is 0 Å². The van der Waals surface area contributed by atoms with E-state index in [-0.39, 0.29) is 0 Å². The molecule has 0 aromatic carbocycles. The summed E-state index contributed by atoms with van der Waals surface area (Å²) < 4.78 is 5.33. The highest BCUT2D eigenvalue weighted by atomic mass is 16.5. The molecule has 106 valence electrons. The minimum atomic E-state index is -0.746. The summed E-state index contributed by atoms with van der Waals surface area (Å²) in [5, 5.41) is 12.2. The Labute approximate surface area is 109 Å². The molecule has 0 saturated carbocycles. The molecule has 0 radical (unpaired) electrons. The molecule has 5 nitrogen and oxygen atoms in total. The van der Waals surface area contributed by atoms with Crippen LogP contribution in [0.4, 0.5) is 0 Å². The second-order valence-corrected chi connectivity index (χ2v) is 4.96. The zero-order chi connectivity index (χ0) is 13.4. The molecule has 2 N–H and O–H groups in total. The first-order valence-corrected chi connectivity index (χ1v) is 6.89. The average Bonchev–Trinajstić information content (AvgIpc) is 2.39. The Hall–Kier alpha value is -0.650. The van der Waals surface area contributed by atoms with Crippen molar-refractivity contribution in [1.82, 2.24) is 10.2 Å². The van der Waals surface area contributed by atoms with Gasteiger partial charge in [0.05, 0.1) is 0 Å². The lowest BCUT2D eigenvalue weighted by atomic mass is 10.1. The van der Waals surface area contributed by atoms with E-state index in [0.29, 0.717) is 12.5 Å². The molecule has 5 heteroatoms. The molecular formula is C13H26N2O3. The predicted molar refractivity (Wildman–Crippen MR) is 70.8 cm³/mol. The Morgan fingerprint density at radius 1 is 1.50 bits per heavy atom. The van der Waals surface area contributed by atoms with E-state index in [0.717, 1.165) is 45.6 Å². The number of carbonyl (C=O) groups is 1. The Kier molecular flexibility index (Phi) is 7.23. The monoisotopic (exact) mass is 258 g/mol. The molecule has 18 heavy (non-hydrogen) atoms. The topological polar surface area (TPSA) is 61.8 Å². The maximum Gasteiger partial charge on any atom is 0.320 e. The predicted octanol–water partition coefficient (Wildman–Crippen LogP) is 0.940. The lowest BCUT2D eigenvalue weighted by Crippen LogP contribution is -2.42. The van der Waals surface area contributed by atoms with Crippen molar-refractivity contribution in [2.45, 2.75) is 44.7 Å². The lowest BCUT2D eigenvalue weighted by Gasteiger charge is -2.31. The minimum Gasteiger partial charge on any atom is -0.480 e. The molecule has 0 aliphatic carbocycles. The number of carboxylic acids is 1. The van der Waals surface area contributed by atoms with Gasteiger partial charge in [-0.15, -0.1) is 0 Å². The van der Waals surface area contributed by atoms with Gasteiger partial charge < -0.3 is 20.1 Å². The average molecular weight is 258 g/mol. The molecule has 1 aliphatic heterocycles. The molecule has 0 amide bonds. The van der Waals surface area contributed by atoms with Crippen molar-refractivity contribution in [1.29, 1.82) is 0 Å². The summed E-state index contributed by atoms with van der Waals surface area (Å²) in [6.45, 7) is 5.27. The fourth-order valence-corrected chi connectivity index (χ4v) is 2.27. The van der Waals surface area contributed by atoms with E-state index < -0.39 is 12.0 Å². The normalized spacial score (nSPS) is 19.1. The Morgan fingerprint density at radius 3 is 2.72 bits per heavy atom. The number of rotatable bonds is 8. The second-order valence-electron chi connectivity index (χ2n) is 4.96. The summed E-state index contributed by atoms with van der Waals surface area (Å²) in [5.41, 5.74) is 0. The number of carboxylic acid groups (broad SMARTS) is 1. The van der Waals surface area contributed by atoms with E-state index in [1.54, 1.807) is 0 Å². The van der Waals surface area contributed by atoms with Crippen LogP contribution in [-0.4, -0.2) is 61.4 Å². The third-order valence-electron chi connectivity index (χ3n) is 3.52. The molecular weight excluding hydrogens is 232 g/mol. The molecule has 1 fully saturated rings. The number of hydrogen-bond acceptors (Lipinski definition) is 4. The Morgan fingerprint density at radius 2 is 2.17 bits per heavy atom. The van der Waals surface area contributed by atoms with Gasteiger partial charge in [-0.3, -0.25) is 4.79 Å². The van der Waals surface area contributed by atoms with Crippen molar-refractivity contribution in [3.63, 3.8) is 0 Å². The molecule has 1 rings (SSSR count). The molecule has 0 spiro atoms. The first-order chi connectivity index (χ1) is 8.65. The zero-order valence-corrected chi connectivity index (χ0v) is 11.5. The minimum absolute atomic E-state index is 0.424. The van der Waals surface area contributed by atoms with Crippen molar-refractivity contribution in [3.8, 4) is 0 Å². The largest absolute Gasteiger partial charge is 0.480 e. The number of aliphatic carboxylic acids is 1. The van der Waals surface area contributed by atoms with Crippen molar-refractivity contribution in [3.05, 3.63) is 0 Å². The summed E-state index contributed by atoms with van der Waals surface area (Å²) in [6, 6.07) is 0.117. The van der Waals surface area contributed by atoms with E-state index in [1.807, 2.05) is 6.92 Å². The van der Waals surface area contributed by atoms with Gasteiger partial charge in [0, 0.05) is 25.8 Å². The first kappa shape index (κ1) is 15.4. The van der Waals surface area contributed by atoms with Crippen molar-refractivity contribution >= 4 is 5.97 Å². The van der Waals surface area contributed by atoms with Crippen LogP contribution in [0.5, 0.6) is 0 Å². The highest BCUT2D eigenvalue weighted by Gasteiger charge is 2.21. The number of nitrogens with zero attached hydrogens (tertiary/aromatic N) is 1. The summed E-state index contributed by atoms with van der Waals surface area (Å²) in [7, 11) is 2.08. The van der Waals surface area contributed by atoms with E-state index in [2.05, 4.69) is 17.3 Å². The number of hydrogen-bond donors (Lipinski definition) is 2. The van der Waals surface area contributed by atoms with E-state index >= 15 is 0 Å². The van der Waals surface area contributed by atoms with E-state index in [4.69, 9.17) is 9.84 Å².